The van der Waals surface area contributed by atoms with Gasteiger partial charge in [-0.05, 0) is 31.0 Å². The van der Waals surface area contributed by atoms with Crippen molar-refractivity contribution in [2.45, 2.75) is 20.3 Å². The predicted octanol–water partition coefficient (Wildman–Crippen LogP) is 0.833. The molecule has 4 N–H and O–H groups in total. The van der Waals surface area contributed by atoms with E-state index in [-0.39, 0.29) is 18.4 Å². The Morgan fingerprint density at radius 2 is 2.00 bits per heavy atom. The van der Waals surface area contributed by atoms with Gasteiger partial charge in [-0.25, -0.2) is 0 Å². The van der Waals surface area contributed by atoms with Crippen molar-refractivity contribution in [1.29, 1.82) is 0 Å². The molecule has 1 aromatic rings. The summed E-state index contributed by atoms with van der Waals surface area (Å²) in [5.74, 6) is -0.532. The molecule has 1 aromatic carbocycles. The van der Waals surface area contributed by atoms with Crippen molar-refractivity contribution in [2.75, 3.05) is 18.8 Å². The number of nitrogens with two attached hydrogens (primary N) is 1. The van der Waals surface area contributed by atoms with Crippen LogP contribution in [0.25, 0.3) is 0 Å². The fourth-order valence-corrected chi connectivity index (χ4v) is 1.47. The molecule has 0 unspecified atom stereocenters. The maximum Gasteiger partial charge on any atom is 0.253 e. The molecule has 0 atom stereocenters. The summed E-state index contributed by atoms with van der Waals surface area (Å²) in [4.78, 5) is 23.1. The fourth-order valence-electron chi connectivity index (χ4n) is 1.47. The Labute approximate surface area is 107 Å². The van der Waals surface area contributed by atoms with E-state index in [1.54, 1.807) is 12.1 Å². The van der Waals surface area contributed by atoms with Gasteiger partial charge in [0.2, 0.25) is 5.91 Å². The third-order valence-electron chi connectivity index (χ3n) is 2.43. The maximum atomic E-state index is 11.8. The summed E-state index contributed by atoms with van der Waals surface area (Å²) in [7, 11) is 0. The summed E-state index contributed by atoms with van der Waals surface area (Å²) < 4.78 is 0. The van der Waals surface area contributed by atoms with Crippen LogP contribution in [0.3, 0.4) is 0 Å². The minimum absolute atomic E-state index is 0.0356. The van der Waals surface area contributed by atoms with Gasteiger partial charge in [0.1, 0.15) is 0 Å². The number of nitrogens with one attached hydrogen (secondary N) is 2. The van der Waals surface area contributed by atoms with Gasteiger partial charge in [0.25, 0.3) is 5.91 Å². The summed E-state index contributed by atoms with van der Waals surface area (Å²) in [6.45, 7) is 4.44. The molecule has 0 heterocycles. The number of nitrogen functional groups attached to an aromatic ring is 1. The van der Waals surface area contributed by atoms with Gasteiger partial charge in [0, 0.05) is 12.2 Å². The zero-order valence-electron chi connectivity index (χ0n) is 10.7. The number of aryl methyl sites for hydroxylation is 1. The zero-order valence-corrected chi connectivity index (χ0v) is 10.7. The Balaban J connectivity index is 2.53. The molecular formula is C13H19N3O2. The molecule has 0 spiro atoms. The molecule has 0 aliphatic carbocycles. The Kier molecular flexibility index (Phi) is 5.17. The second-order valence-electron chi connectivity index (χ2n) is 4.12. The molecule has 98 valence electrons. The second-order valence-corrected chi connectivity index (χ2v) is 4.12. The average molecular weight is 249 g/mol. The average Bonchev–Trinajstić information content (AvgIpc) is 2.33. The van der Waals surface area contributed by atoms with Crippen LogP contribution in [-0.2, 0) is 4.79 Å². The highest BCUT2D eigenvalue weighted by molar-refractivity contribution is 6.00. The minimum atomic E-state index is -0.334. The van der Waals surface area contributed by atoms with E-state index >= 15 is 0 Å². The van der Waals surface area contributed by atoms with Crippen LogP contribution in [0.15, 0.2) is 18.2 Å². The molecule has 0 aromatic heterocycles. The summed E-state index contributed by atoms with van der Waals surface area (Å²) in [5, 5.41) is 5.21. The van der Waals surface area contributed by atoms with Gasteiger partial charge in [-0.3, -0.25) is 9.59 Å². The van der Waals surface area contributed by atoms with Gasteiger partial charge in [-0.15, -0.1) is 0 Å². The van der Waals surface area contributed by atoms with E-state index in [4.69, 9.17) is 5.73 Å². The maximum absolute atomic E-state index is 11.8. The molecule has 5 heteroatoms. The molecule has 0 bridgehead atoms. The topological polar surface area (TPSA) is 84.2 Å². The monoisotopic (exact) mass is 249 g/mol. The molecule has 2 amide bonds. The highest BCUT2D eigenvalue weighted by atomic mass is 16.2. The molecule has 18 heavy (non-hydrogen) atoms. The normalized spacial score (nSPS) is 9.89. The predicted molar refractivity (Wildman–Crippen MR) is 71.2 cm³/mol. The van der Waals surface area contributed by atoms with Crippen LogP contribution in [0.4, 0.5) is 5.69 Å². The number of amides is 2. The Bertz CT molecular complexity index is 444. The number of hydrogen-bond donors (Lipinski definition) is 3. The first kappa shape index (κ1) is 14.0. The number of rotatable bonds is 5. The first-order valence-corrected chi connectivity index (χ1v) is 5.95. The molecule has 0 radical (unpaired) electrons. The van der Waals surface area contributed by atoms with Crippen LogP contribution in [-0.4, -0.2) is 24.9 Å². The summed E-state index contributed by atoms with van der Waals surface area (Å²) in [6.07, 6.45) is 0.866. The molecule has 0 saturated carbocycles. The molecule has 0 saturated heterocycles. The van der Waals surface area contributed by atoms with Crippen LogP contribution in [0, 0.1) is 6.92 Å². The van der Waals surface area contributed by atoms with Gasteiger partial charge in [-0.1, -0.05) is 13.0 Å². The van der Waals surface area contributed by atoms with Gasteiger partial charge < -0.3 is 16.4 Å². The Morgan fingerprint density at radius 3 is 2.61 bits per heavy atom. The van der Waals surface area contributed by atoms with Crippen molar-refractivity contribution in [3.8, 4) is 0 Å². The molecule has 0 fully saturated rings. The van der Waals surface area contributed by atoms with Crippen molar-refractivity contribution in [3.05, 3.63) is 29.3 Å². The van der Waals surface area contributed by atoms with Crippen molar-refractivity contribution in [1.82, 2.24) is 10.6 Å². The number of carbonyl (C=O) groups excluding carboxylic acids is 2. The first-order valence-electron chi connectivity index (χ1n) is 5.95. The van der Waals surface area contributed by atoms with Crippen LogP contribution >= 0.6 is 0 Å². The van der Waals surface area contributed by atoms with Crippen LogP contribution in [0.1, 0.15) is 29.3 Å². The van der Waals surface area contributed by atoms with E-state index in [0.717, 1.165) is 12.0 Å². The van der Waals surface area contributed by atoms with E-state index < -0.39 is 0 Å². The molecule has 5 nitrogen and oxygen atoms in total. The molecule has 1 rings (SSSR count). The van der Waals surface area contributed by atoms with Gasteiger partial charge in [0.15, 0.2) is 0 Å². The quantitative estimate of drug-likeness (QED) is 0.676. The molecule has 0 aliphatic heterocycles. The van der Waals surface area contributed by atoms with Crippen molar-refractivity contribution in [2.24, 2.45) is 0 Å². The van der Waals surface area contributed by atoms with Crippen LogP contribution in [0.2, 0.25) is 0 Å². The zero-order chi connectivity index (χ0) is 13.5. The van der Waals surface area contributed by atoms with Gasteiger partial charge in [0.05, 0.1) is 12.1 Å². The number of anilines is 1. The lowest BCUT2D eigenvalue weighted by Crippen LogP contribution is -2.37. The summed E-state index contributed by atoms with van der Waals surface area (Å²) in [6, 6.07) is 5.19. The summed E-state index contributed by atoms with van der Waals surface area (Å²) >= 11 is 0. The Morgan fingerprint density at radius 1 is 1.28 bits per heavy atom. The second kappa shape index (κ2) is 6.64. The number of carbonyl (C=O) groups is 2. The lowest BCUT2D eigenvalue weighted by atomic mass is 10.1. The standard InChI is InChI=1S/C13H19N3O2/c1-3-6-15-12(17)8-16-13(18)10-5-4-9(2)7-11(10)14/h4-5,7H,3,6,8,14H2,1-2H3,(H,15,17)(H,16,18). The third kappa shape index (κ3) is 4.08. The highest BCUT2D eigenvalue weighted by Crippen LogP contribution is 2.13. The van der Waals surface area contributed by atoms with E-state index in [2.05, 4.69) is 10.6 Å². The first-order chi connectivity index (χ1) is 8.54. The van der Waals surface area contributed by atoms with Crippen LogP contribution in [0.5, 0.6) is 0 Å². The lowest BCUT2D eigenvalue weighted by molar-refractivity contribution is -0.120. The summed E-state index contributed by atoms with van der Waals surface area (Å²) in [5.41, 5.74) is 7.55. The highest BCUT2D eigenvalue weighted by Gasteiger charge is 2.10. The van der Waals surface area contributed by atoms with Crippen molar-refractivity contribution < 1.29 is 9.59 Å². The lowest BCUT2D eigenvalue weighted by Gasteiger charge is -2.08. The van der Waals surface area contributed by atoms with Crippen LogP contribution < -0.4 is 16.4 Å². The van der Waals surface area contributed by atoms with Gasteiger partial charge >= 0.3 is 0 Å². The van der Waals surface area contributed by atoms with E-state index in [0.29, 0.717) is 17.8 Å². The Hall–Kier alpha value is -2.04. The van der Waals surface area contributed by atoms with Crippen molar-refractivity contribution >= 4 is 17.5 Å². The van der Waals surface area contributed by atoms with E-state index in [1.165, 1.54) is 0 Å². The smallest absolute Gasteiger partial charge is 0.253 e. The van der Waals surface area contributed by atoms with Crippen molar-refractivity contribution in [3.63, 3.8) is 0 Å². The minimum Gasteiger partial charge on any atom is -0.398 e. The molecular weight excluding hydrogens is 230 g/mol. The largest absolute Gasteiger partial charge is 0.398 e. The SMILES string of the molecule is CCCNC(=O)CNC(=O)c1ccc(C)cc1N. The number of benzene rings is 1. The fraction of sp³-hybridized carbons (Fsp3) is 0.385. The van der Waals surface area contributed by atoms with E-state index in [1.807, 2.05) is 19.9 Å². The molecule has 0 aliphatic rings. The number of hydrogen-bond acceptors (Lipinski definition) is 3. The van der Waals surface area contributed by atoms with Gasteiger partial charge in [-0.2, -0.15) is 0 Å². The third-order valence-corrected chi connectivity index (χ3v) is 2.43. The van der Waals surface area contributed by atoms with E-state index in [9.17, 15) is 9.59 Å².